The van der Waals surface area contributed by atoms with Crippen molar-refractivity contribution in [3.63, 3.8) is 0 Å². The second kappa shape index (κ2) is 5.93. The van der Waals surface area contributed by atoms with E-state index in [9.17, 15) is 9.90 Å². The van der Waals surface area contributed by atoms with Gasteiger partial charge in [0.2, 0.25) is 5.91 Å². The summed E-state index contributed by atoms with van der Waals surface area (Å²) in [5.41, 5.74) is 6.13. The Hall–Kier alpha value is -1.75. The molecule has 0 saturated carbocycles. The van der Waals surface area contributed by atoms with Gasteiger partial charge in [-0.05, 0) is 17.5 Å². The van der Waals surface area contributed by atoms with E-state index in [2.05, 4.69) is 5.32 Å². The molecule has 1 aromatic rings. The number of carbonyl (C=O) groups is 1. The van der Waals surface area contributed by atoms with Crippen molar-refractivity contribution < 1.29 is 14.6 Å². The average Bonchev–Trinajstić information content (AvgIpc) is 2.30. The lowest BCUT2D eigenvalue weighted by molar-refractivity contribution is -0.117. The van der Waals surface area contributed by atoms with Crippen LogP contribution < -0.4 is 15.8 Å². The van der Waals surface area contributed by atoms with E-state index in [1.54, 1.807) is 12.1 Å². The van der Waals surface area contributed by atoms with Crippen LogP contribution in [0.15, 0.2) is 18.2 Å². The Kier molecular flexibility index (Phi) is 4.78. The predicted molar refractivity (Wildman–Crippen MR) is 75.3 cm³/mol. The number of anilines is 1. The largest absolute Gasteiger partial charge is 0.506 e. The molecule has 0 aliphatic carbocycles. The normalized spacial score (nSPS) is 12.9. The molecule has 1 unspecified atom stereocenters. The summed E-state index contributed by atoms with van der Waals surface area (Å²) in [5, 5.41) is 12.3. The van der Waals surface area contributed by atoms with Crippen LogP contribution in [0.25, 0.3) is 0 Å². The van der Waals surface area contributed by atoms with E-state index in [1.165, 1.54) is 13.2 Å². The molecule has 0 heterocycles. The third-order valence-electron chi connectivity index (χ3n) is 3.00. The van der Waals surface area contributed by atoms with Gasteiger partial charge in [0.1, 0.15) is 11.5 Å². The molecular weight excluding hydrogens is 244 g/mol. The number of hydrogen-bond acceptors (Lipinski definition) is 4. The minimum atomic E-state index is -0.250. The minimum Gasteiger partial charge on any atom is -0.506 e. The van der Waals surface area contributed by atoms with E-state index in [-0.39, 0.29) is 29.5 Å². The Morgan fingerprint density at radius 1 is 1.47 bits per heavy atom. The molecule has 0 radical (unpaired) electrons. The maximum Gasteiger partial charge on any atom is 0.226 e. The van der Waals surface area contributed by atoms with Gasteiger partial charge in [0.15, 0.2) is 0 Å². The number of phenolic OH excluding ortho intramolecular Hbond substituents is 1. The lowest BCUT2D eigenvalue weighted by atomic mass is 9.85. The molecule has 0 fully saturated rings. The summed E-state index contributed by atoms with van der Waals surface area (Å²) < 4.78 is 5.04. The number of hydrogen-bond donors (Lipinski definition) is 3. The number of benzene rings is 1. The highest BCUT2D eigenvalue weighted by Crippen LogP contribution is 2.28. The average molecular weight is 266 g/mol. The third kappa shape index (κ3) is 4.44. The standard InChI is InChI=1S/C14H22N2O3/c1-14(2,3)12(15)8-13(18)16-10-7-9(19-4)5-6-11(10)17/h5-7,12,17H,8,15H2,1-4H3,(H,16,18). The highest BCUT2D eigenvalue weighted by atomic mass is 16.5. The van der Waals surface area contributed by atoms with Crippen LogP contribution in [-0.4, -0.2) is 24.2 Å². The van der Waals surface area contributed by atoms with Gasteiger partial charge in [-0.3, -0.25) is 4.79 Å². The SMILES string of the molecule is COc1ccc(O)c(NC(=O)CC(N)C(C)(C)C)c1. The van der Waals surface area contributed by atoms with Crippen LogP contribution in [0.1, 0.15) is 27.2 Å². The van der Waals surface area contributed by atoms with Crippen molar-refractivity contribution >= 4 is 11.6 Å². The lowest BCUT2D eigenvalue weighted by Crippen LogP contribution is -2.38. The van der Waals surface area contributed by atoms with Gasteiger partial charge in [0.05, 0.1) is 12.8 Å². The van der Waals surface area contributed by atoms with E-state index in [0.29, 0.717) is 11.4 Å². The summed E-state index contributed by atoms with van der Waals surface area (Å²) in [4.78, 5) is 11.9. The van der Waals surface area contributed by atoms with Gasteiger partial charge < -0.3 is 20.9 Å². The molecular formula is C14H22N2O3. The zero-order chi connectivity index (χ0) is 14.6. The van der Waals surface area contributed by atoms with Crippen LogP contribution in [0.4, 0.5) is 5.69 Å². The quantitative estimate of drug-likeness (QED) is 0.729. The second-order valence-electron chi connectivity index (χ2n) is 5.61. The monoisotopic (exact) mass is 266 g/mol. The van der Waals surface area contributed by atoms with Crippen molar-refractivity contribution in [1.82, 2.24) is 0 Å². The number of aromatic hydroxyl groups is 1. The number of amides is 1. The molecule has 1 amide bonds. The van der Waals surface area contributed by atoms with E-state index in [1.807, 2.05) is 20.8 Å². The van der Waals surface area contributed by atoms with E-state index >= 15 is 0 Å². The van der Waals surface area contributed by atoms with Crippen LogP contribution in [0.5, 0.6) is 11.5 Å². The summed E-state index contributed by atoms with van der Waals surface area (Å²) in [6, 6.07) is 4.40. The van der Waals surface area contributed by atoms with Crippen LogP contribution >= 0.6 is 0 Å². The summed E-state index contributed by atoms with van der Waals surface area (Å²) in [5.74, 6) is 0.331. The zero-order valence-electron chi connectivity index (χ0n) is 11.9. The molecule has 0 spiro atoms. The molecule has 0 aliphatic rings. The van der Waals surface area contributed by atoms with Crippen LogP contribution in [0, 0.1) is 5.41 Å². The molecule has 19 heavy (non-hydrogen) atoms. The lowest BCUT2D eigenvalue weighted by Gasteiger charge is -2.26. The van der Waals surface area contributed by atoms with Crippen molar-refractivity contribution in [2.75, 3.05) is 12.4 Å². The van der Waals surface area contributed by atoms with Gasteiger partial charge in [0, 0.05) is 18.5 Å². The fraction of sp³-hybridized carbons (Fsp3) is 0.500. The van der Waals surface area contributed by atoms with Gasteiger partial charge in [-0.15, -0.1) is 0 Å². The molecule has 4 N–H and O–H groups in total. The first-order chi connectivity index (χ1) is 8.74. The number of phenols is 1. The van der Waals surface area contributed by atoms with Crippen molar-refractivity contribution in [3.05, 3.63) is 18.2 Å². The predicted octanol–water partition coefficient (Wildman–Crippen LogP) is 2.10. The maximum absolute atomic E-state index is 11.9. The highest BCUT2D eigenvalue weighted by molar-refractivity contribution is 5.92. The van der Waals surface area contributed by atoms with E-state index in [0.717, 1.165) is 0 Å². The molecule has 5 heteroatoms. The number of ether oxygens (including phenoxy) is 1. The summed E-state index contributed by atoms with van der Waals surface area (Å²) in [6.07, 6.45) is 0.195. The molecule has 0 aliphatic heterocycles. The minimum absolute atomic E-state index is 0.00141. The highest BCUT2D eigenvalue weighted by Gasteiger charge is 2.23. The number of rotatable bonds is 4. The second-order valence-corrected chi connectivity index (χ2v) is 5.61. The molecule has 1 rings (SSSR count). The first kappa shape index (κ1) is 15.3. The molecule has 106 valence electrons. The van der Waals surface area contributed by atoms with Gasteiger partial charge in [0.25, 0.3) is 0 Å². The fourth-order valence-electron chi connectivity index (χ4n) is 1.45. The van der Waals surface area contributed by atoms with Gasteiger partial charge >= 0.3 is 0 Å². The van der Waals surface area contributed by atoms with E-state index < -0.39 is 0 Å². The van der Waals surface area contributed by atoms with Gasteiger partial charge in [-0.25, -0.2) is 0 Å². The Labute approximate surface area is 113 Å². The summed E-state index contributed by atoms with van der Waals surface area (Å²) in [7, 11) is 1.52. The van der Waals surface area contributed by atoms with Crippen molar-refractivity contribution in [3.8, 4) is 11.5 Å². The number of carbonyl (C=O) groups excluding carboxylic acids is 1. The van der Waals surface area contributed by atoms with Crippen LogP contribution in [0.3, 0.4) is 0 Å². The van der Waals surface area contributed by atoms with E-state index in [4.69, 9.17) is 10.5 Å². The molecule has 1 atom stereocenters. The summed E-state index contributed by atoms with van der Waals surface area (Å²) >= 11 is 0. The molecule has 0 bridgehead atoms. The van der Waals surface area contributed by atoms with Gasteiger partial charge in [-0.1, -0.05) is 20.8 Å². The Morgan fingerprint density at radius 3 is 2.63 bits per heavy atom. The summed E-state index contributed by atoms with van der Waals surface area (Å²) in [6.45, 7) is 5.94. The number of nitrogens with one attached hydrogen (secondary N) is 1. The zero-order valence-corrected chi connectivity index (χ0v) is 11.9. The number of methoxy groups -OCH3 is 1. The van der Waals surface area contributed by atoms with Crippen molar-refractivity contribution in [2.24, 2.45) is 11.1 Å². The van der Waals surface area contributed by atoms with Gasteiger partial charge in [-0.2, -0.15) is 0 Å². The first-order valence-electron chi connectivity index (χ1n) is 6.16. The topological polar surface area (TPSA) is 84.6 Å². The Morgan fingerprint density at radius 2 is 2.11 bits per heavy atom. The molecule has 0 saturated heterocycles. The van der Waals surface area contributed by atoms with Crippen LogP contribution in [0.2, 0.25) is 0 Å². The maximum atomic E-state index is 11.9. The first-order valence-corrected chi connectivity index (χ1v) is 6.16. The Bertz CT molecular complexity index is 452. The Balaban J connectivity index is 2.72. The molecule has 1 aromatic carbocycles. The molecule has 0 aromatic heterocycles. The smallest absolute Gasteiger partial charge is 0.226 e. The van der Waals surface area contributed by atoms with Crippen molar-refractivity contribution in [2.45, 2.75) is 33.2 Å². The fourth-order valence-corrected chi connectivity index (χ4v) is 1.45. The van der Waals surface area contributed by atoms with Crippen LogP contribution in [-0.2, 0) is 4.79 Å². The van der Waals surface area contributed by atoms with Crippen molar-refractivity contribution in [1.29, 1.82) is 0 Å². The number of nitrogens with two attached hydrogens (primary N) is 1. The molecule has 5 nitrogen and oxygen atoms in total. The third-order valence-corrected chi connectivity index (χ3v) is 3.00.